The second-order valence-corrected chi connectivity index (χ2v) is 5.85. The van der Waals surface area contributed by atoms with Crippen LogP contribution in [-0.2, 0) is 14.8 Å². The number of aliphatic hydroxyl groups is 1. The van der Waals surface area contributed by atoms with Crippen molar-refractivity contribution < 1.29 is 23.0 Å². The van der Waals surface area contributed by atoms with Crippen molar-refractivity contribution in [3.05, 3.63) is 23.8 Å². The van der Waals surface area contributed by atoms with Crippen molar-refractivity contribution >= 4 is 10.0 Å². The Morgan fingerprint density at radius 1 is 1.37 bits per heavy atom. The minimum atomic E-state index is -3.73. The highest BCUT2D eigenvalue weighted by Crippen LogP contribution is 2.24. The molecule has 0 aliphatic carbocycles. The lowest BCUT2D eigenvalue weighted by molar-refractivity contribution is 0.0679. The average Bonchev–Trinajstić information content (AvgIpc) is 2.37. The van der Waals surface area contributed by atoms with Crippen LogP contribution < -0.4 is 9.46 Å². The summed E-state index contributed by atoms with van der Waals surface area (Å²) >= 11 is 0. The molecule has 0 bridgehead atoms. The van der Waals surface area contributed by atoms with Crippen molar-refractivity contribution in [1.82, 2.24) is 4.72 Å². The van der Waals surface area contributed by atoms with Crippen molar-refractivity contribution in [2.24, 2.45) is 0 Å². The summed E-state index contributed by atoms with van der Waals surface area (Å²) in [5.41, 5.74) is 0.804. The van der Waals surface area contributed by atoms with Gasteiger partial charge in [-0.2, -0.15) is 0 Å². The quantitative estimate of drug-likeness (QED) is 0.753. The van der Waals surface area contributed by atoms with Crippen molar-refractivity contribution in [3.8, 4) is 5.75 Å². The lowest BCUT2D eigenvalue weighted by atomic mass is 10.2. The Hall–Kier alpha value is -1.15. The predicted octanol–water partition coefficient (Wildman–Crippen LogP) is 0.289. The lowest BCUT2D eigenvalue weighted by Gasteiger charge is -2.13. The summed E-state index contributed by atoms with van der Waals surface area (Å²) in [4.78, 5) is 0.0552. The van der Waals surface area contributed by atoms with Crippen LogP contribution in [-0.4, -0.2) is 47.0 Å². The zero-order valence-corrected chi connectivity index (χ0v) is 12.0. The van der Waals surface area contributed by atoms with Gasteiger partial charge in [-0.15, -0.1) is 0 Å². The van der Waals surface area contributed by atoms with Crippen LogP contribution in [0.2, 0.25) is 0 Å². The first-order valence-corrected chi connectivity index (χ1v) is 7.20. The molecule has 7 heteroatoms. The van der Waals surface area contributed by atoms with E-state index in [4.69, 9.17) is 9.47 Å². The van der Waals surface area contributed by atoms with E-state index in [1.807, 2.05) is 0 Å². The molecule has 1 unspecified atom stereocenters. The van der Waals surface area contributed by atoms with Gasteiger partial charge in [0.2, 0.25) is 10.0 Å². The molecule has 0 radical (unpaired) electrons. The summed E-state index contributed by atoms with van der Waals surface area (Å²) in [5, 5.41) is 9.46. The van der Waals surface area contributed by atoms with E-state index >= 15 is 0 Å². The molecule has 0 fully saturated rings. The first kappa shape index (κ1) is 15.9. The van der Waals surface area contributed by atoms with Crippen LogP contribution in [0.1, 0.15) is 5.56 Å². The Bertz CT molecular complexity index is 515. The first-order chi connectivity index (χ1) is 8.90. The number of aliphatic hydroxyl groups excluding tert-OH is 1. The van der Waals surface area contributed by atoms with Crippen LogP contribution >= 0.6 is 0 Å². The summed E-state index contributed by atoms with van der Waals surface area (Å²) in [6, 6.07) is 4.87. The molecule has 0 spiro atoms. The van der Waals surface area contributed by atoms with E-state index in [1.165, 1.54) is 20.3 Å². The molecule has 0 heterocycles. The number of nitrogens with one attached hydrogen (secondary N) is 1. The van der Waals surface area contributed by atoms with Gasteiger partial charge >= 0.3 is 0 Å². The number of ether oxygens (including phenoxy) is 2. The van der Waals surface area contributed by atoms with E-state index in [-0.39, 0.29) is 23.8 Å². The number of hydrogen-bond donors (Lipinski definition) is 2. The molecular formula is C12H19NO5S. The van der Waals surface area contributed by atoms with Gasteiger partial charge in [-0.05, 0) is 24.6 Å². The molecule has 0 aliphatic heterocycles. The zero-order chi connectivity index (χ0) is 14.5. The van der Waals surface area contributed by atoms with Crippen LogP contribution in [0.3, 0.4) is 0 Å². The second-order valence-electron chi connectivity index (χ2n) is 4.12. The number of hydrogen-bond acceptors (Lipinski definition) is 5. The smallest absolute Gasteiger partial charge is 0.244 e. The third kappa shape index (κ3) is 4.46. The number of benzene rings is 1. The summed E-state index contributed by atoms with van der Waals surface area (Å²) in [6.45, 7) is 1.74. The molecule has 0 aromatic heterocycles. The minimum absolute atomic E-state index is 0.0552. The maximum atomic E-state index is 12.1. The lowest BCUT2D eigenvalue weighted by Crippen LogP contribution is -2.34. The maximum Gasteiger partial charge on any atom is 0.244 e. The molecule has 1 aromatic carbocycles. The molecule has 0 saturated heterocycles. The van der Waals surface area contributed by atoms with Gasteiger partial charge in [0.15, 0.2) is 0 Å². The number of methoxy groups -OCH3 is 2. The Kier molecular flexibility index (Phi) is 5.74. The Morgan fingerprint density at radius 3 is 2.63 bits per heavy atom. The summed E-state index contributed by atoms with van der Waals surface area (Å²) < 4.78 is 36.3. The van der Waals surface area contributed by atoms with Crippen LogP contribution in [0.5, 0.6) is 5.75 Å². The number of aryl methyl sites for hydroxylation is 1. The Balaban J connectivity index is 2.91. The molecule has 1 atom stereocenters. The predicted molar refractivity (Wildman–Crippen MR) is 70.8 cm³/mol. The minimum Gasteiger partial charge on any atom is -0.495 e. The summed E-state index contributed by atoms with van der Waals surface area (Å²) in [5.74, 6) is 0.263. The fraction of sp³-hybridized carbons (Fsp3) is 0.500. The maximum absolute atomic E-state index is 12.1. The third-order valence-corrected chi connectivity index (χ3v) is 3.92. The van der Waals surface area contributed by atoms with Gasteiger partial charge in [-0.3, -0.25) is 0 Å². The molecule has 0 aliphatic rings. The fourth-order valence-corrected chi connectivity index (χ4v) is 2.85. The van der Waals surface area contributed by atoms with Crippen LogP contribution in [0.25, 0.3) is 0 Å². The Morgan fingerprint density at radius 2 is 2.05 bits per heavy atom. The van der Waals surface area contributed by atoms with Crippen LogP contribution in [0, 0.1) is 6.92 Å². The van der Waals surface area contributed by atoms with Gasteiger partial charge < -0.3 is 14.6 Å². The molecule has 6 nitrogen and oxygen atoms in total. The topological polar surface area (TPSA) is 84.9 Å². The molecule has 1 rings (SSSR count). The van der Waals surface area contributed by atoms with Gasteiger partial charge in [-0.1, -0.05) is 6.07 Å². The van der Waals surface area contributed by atoms with Gasteiger partial charge in [0.1, 0.15) is 10.6 Å². The molecule has 2 N–H and O–H groups in total. The summed E-state index contributed by atoms with van der Waals surface area (Å²) in [7, 11) is -0.891. The van der Waals surface area contributed by atoms with E-state index in [1.54, 1.807) is 19.1 Å². The fourth-order valence-electron chi connectivity index (χ4n) is 1.53. The average molecular weight is 289 g/mol. The molecular weight excluding hydrogens is 270 g/mol. The van der Waals surface area contributed by atoms with E-state index in [9.17, 15) is 13.5 Å². The highest BCUT2D eigenvalue weighted by Gasteiger charge is 2.20. The third-order valence-electron chi connectivity index (χ3n) is 2.48. The molecule has 108 valence electrons. The monoisotopic (exact) mass is 289 g/mol. The SMILES string of the molecule is COCC(O)CNS(=O)(=O)c1cc(C)ccc1OC. The zero-order valence-electron chi connectivity index (χ0n) is 11.2. The molecule has 19 heavy (non-hydrogen) atoms. The van der Waals surface area contributed by atoms with E-state index in [2.05, 4.69) is 4.72 Å². The second kappa shape index (κ2) is 6.85. The molecule has 0 saturated carbocycles. The van der Waals surface area contributed by atoms with E-state index in [0.29, 0.717) is 0 Å². The van der Waals surface area contributed by atoms with Crippen molar-refractivity contribution in [3.63, 3.8) is 0 Å². The van der Waals surface area contributed by atoms with Crippen molar-refractivity contribution in [2.75, 3.05) is 27.4 Å². The normalized spacial score (nSPS) is 13.3. The van der Waals surface area contributed by atoms with Gasteiger partial charge in [0.05, 0.1) is 19.8 Å². The summed E-state index contributed by atoms with van der Waals surface area (Å²) in [6.07, 6.45) is -0.893. The number of rotatable bonds is 7. The van der Waals surface area contributed by atoms with E-state index in [0.717, 1.165) is 5.56 Å². The van der Waals surface area contributed by atoms with Crippen molar-refractivity contribution in [2.45, 2.75) is 17.9 Å². The standard InChI is InChI=1S/C12H19NO5S/c1-9-4-5-11(18-3)12(6-9)19(15,16)13-7-10(14)8-17-2/h4-6,10,13-14H,7-8H2,1-3H3. The van der Waals surface area contributed by atoms with Gasteiger partial charge in [-0.25, -0.2) is 13.1 Å². The molecule has 1 aromatic rings. The highest BCUT2D eigenvalue weighted by atomic mass is 32.2. The van der Waals surface area contributed by atoms with Gasteiger partial charge in [0.25, 0.3) is 0 Å². The van der Waals surface area contributed by atoms with Crippen LogP contribution in [0.4, 0.5) is 0 Å². The van der Waals surface area contributed by atoms with Gasteiger partial charge in [0, 0.05) is 13.7 Å². The first-order valence-electron chi connectivity index (χ1n) is 5.72. The van der Waals surface area contributed by atoms with E-state index < -0.39 is 16.1 Å². The largest absolute Gasteiger partial charge is 0.495 e. The Labute approximate surface area is 113 Å². The number of sulfonamides is 1. The molecule has 0 amide bonds. The highest BCUT2D eigenvalue weighted by molar-refractivity contribution is 7.89. The van der Waals surface area contributed by atoms with Crippen molar-refractivity contribution in [1.29, 1.82) is 0 Å². The van der Waals surface area contributed by atoms with Crippen LogP contribution in [0.15, 0.2) is 23.1 Å².